The third-order valence-corrected chi connectivity index (χ3v) is 6.38. The number of methoxy groups -OCH3 is 2. The van der Waals surface area contributed by atoms with Crippen LogP contribution < -0.4 is 19.7 Å². The number of thioether (sulfide) groups is 1. The normalized spacial score (nSPS) is 21.1. The van der Waals surface area contributed by atoms with E-state index in [-0.39, 0.29) is 5.91 Å². The van der Waals surface area contributed by atoms with Gasteiger partial charge in [0.25, 0.3) is 5.91 Å². The van der Waals surface area contributed by atoms with Crippen LogP contribution in [0, 0.1) is 0 Å². The number of aliphatic imine (C=N–C) groups is 1. The van der Waals surface area contributed by atoms with E-state index >= 15 is 0 Å². The number of anilines is 1. The maximum absolute atomic E-state index is 13.3. The summed E-state index contributed by atoms with van der Waals surface area (Å²) in [6.45, 7) is 1.75. The van der Waals surface area contributed by atoms with Crippen LogP contribution in [-0.2, 0) is 4.79 Å². The van der Waals surface area contributed by atoms with Crippen LogP contribution >= 0.6 is 11.8 Å². The SMILES string of the molecule is COc1ccc([C@@H]2Sc3cc(OC)ccc3N(CC3=NCCN3)C(=O)[C@@H]2O)cc1. The van der Waals surface area contributed by atoms with Crippen molar-refractivity contribution in [3.05, 3.63) is 48.0 Å². The number of ether oxygens (including phenoxy) is 2. The van der Waals surface area contributed by atoms with Crippen LogP contribution in [0.15, 0.2) is 52.4 Å². The first-order valence-corrected chi connectivity index (χ1v) is 10.2. The minimum Gasteiger partial charge on any atom is -0.497 e. The van der Waals surface area contributed by atoms with Gasteiger partial charge in [0.15, 0.2) is 0 Å². The van der Waals surface area contributed by atoms with Crippen molar-refractivity contribution < 1.29 is 19.4 Å². The summed E-state index contributed by atoms with van der Waals surface area (Å²) in [4.78, 5) is 20.2. The first-order valence-electron chi connectivity index (χ1n) is 9.36. The topological polar surface area (TPSA) is 83.4 Å². The number of benzene rings is 2. The average molecular weight is 413 g/mol. The molecule has 0 saturated carbocycles. The molecule has 2 aromatic rings. The lowest BCUT2D eigenvalue weighted by atomic mass is 10.1. The summed E-state index contributed by atoms with van der Waals surface area (Å²) in [6.07, 6.45) is -1.20. The molecule has 29 heavy (non-hydrogen) atoms. The van der Waals surface area contributed by atoms with Crippen molar-refractivity contribution in [3.63, 3.8) is 0 Å². The van der Waals surface area contributed by atoms with Gasteiger partial charge in [0, 0.05) is 11.4 Å². The standard InChI is InChI=1S/C21H23N3O4S/c1-27-14-5-3-13(4-6-14)20-19(25)21(26)24(12-18-22-9-10-23-18)16-8-7-15(28-2)11-17(16)29-20/h3-8,11,19-20,25H,9-10,12H2,1-2H3,(H,22,23)/t19-,20+/m1/s1. The molecule has 0 aliphatic carbocycles. The molecule has 2 atom stereocenters. The number of rotatable bonds is 5. The summed E-state index contributed by atoms with van der Waals surface area (Å²) in [5.41, 5.74) is 1.59. The van der Waals surface area contributed by atoms with E-state index in [4.69, 9.17) is 9.47 Å². The Kier molecular flexibility index (Phi) is 5.64. The Balaban J connectivity index is 1.74. The van der Waals surface area contributed by atoms with Gasteiger partial charge in [-0.3, -0.25) is 9.79 Å². The first kappa shape index (κ1) is 19.6. The molecule has 0 bridgehead atoms. The number of carbonyl (C=O) groups is 1. The second-order valence-electron chi connectivity index (χ2n) is 6.77. The summed E-state index contributed by atoms with van der Waals surface area (Å²) in [6, 6.07) is 13.0. The Labute approximate surface area is 173 Å². The molecule has 152 valence electrons. The summed E-state index contributed by atoms with van der Waals surface area (Å²) in [5, 5.41) is 13.7. The zero-order valence-corrected chi connectivity index (χ0v) is 17.1. The number of carbonyl (C=O) groups excluding carboxylic acids is 1. The van der Waals surface area contributed by atoms with Gasteiger partial charge in [-0.25, -0.2) is 0 Å². The predicted molar refractivity (Wildman–Crippen MR) is 113 cm³/mol. The fourth-order valence-corrected chi connectivity index (χ4v) is 4.75. The van der Waals surface area contributed by atoms with E-state index in [0.717, 1.165) is 34.3 Å². The molecule has 2 aliphatic heterocycles. The Morgan fingerprint density at radius 2 is 1.90 bits per heavy atom. The highest BCUT2D eigenvalue weighted by Gasteiger charge is 2.38. The number of aliphatic hydroxyl groups is 1. The molecule has 2 aliphatic rings. The highest BCUT2D eigenvalue weighted by Crippen LogP contribution is 2.47. The second kappa shape index (κ2) is 8.34. The molecule has 1 amide bonds. The Bertz CT molecular complexity index is 932. The molecular formula is C21H23N3O4S. The van der Waals surface area contributed by atoms with Gasteiger partial charge in [-0.1, -0.05) is 12.1 Å². The van der Waals surface area contributed by atoms with Crippen molar-refractivity contribution >= 4 is 29.2 Å². The third kappa shape index (κ3) is 3.90. The molecule has 0 saturated heterocycles. The van der Waals surface area contributed by atoms with E-state index in [1.54, 1.807) is 19.1 Å². The van der Waals surface area contributed by atoms with E-state index < -0.39 is 11.4 Å². The molecule has 7 nitrogen and oxygen atoms in total. The quantitative estimate of drug-likeness (QED) is 0.782. The average Bonchev–Trinajstić information content (AvgIpc) is 3.25. The molecule has 0 fully saturated rings. The lowest BCUT2D eigenvalue weighted by Gasteiger charge is -2.25. The van der Waals surface area contributed by atoms with Gasteiger partial charge >= 0.3 is 0 Å². The zero-order valence-electron chi connectivity index (χ0n) is 16.3. The molecule has 0 radical (unpaired) electrons. The van der Waals surface area contributed by atoms with Crippen molar-refractivity contribution in [2.24, 2.45) is 4.99 Å². The minimum absolute atomic E-state index is 0.297. The van der Waals surface area contributed by atoms with E-state index in [0.29, 0.717) is 18.8 Å². The lowest BCUT2D eigenvalue weighted by Crippen LogP contribution is -2.45. The van der Waals surface area contributed by atoms with Gasteiger partial charge in [-0.05, 0) is 35.9 Å². The van der Waals surface area contributed by atoms with Crippen LogP contribution in [0.1, 0.15) is 10.8 Å². The third-order valence-electron chi connectivity index (χ3n) is 5.01. The van der Waals surface area contributed by atoms with Gasteiger partial charge in [0.1, 0.15) is 23.4 Å². The van der Waals surface area contributed by atoms with E-state index in [9.17, 15) is 9.90 Å². The maximum atomic E-state index is 13.3. The fourth-order valence-electron chi connectivity index (χ4n) is 3.46. The second-order valence-corrected chi connectivity index (χ2v) is 7.95. The van der Waals surface area contributed by atoms with Crippen molar-refractivity contribution in [2.75, 3.05) is 38.8 Å². The smallest absolute Gasteiger partial charge is 0.257 e. The molecular weight excluding hydrogens is 390 g/mol. The van der Waals surface area contributed by atoms with Crippen LogP contribution in [-0.4, -0.2) is 56.8 Å². The number of nitrogens with zero attached hydrogens (tertiary/aromatic N) is 2. The van der Waals surface area contributed by atoms with Crippen molar-refractivity contribution in [1.82, 2.24) is 5.32 Å². The molecule has 8 heteroatoms. The van der Waals surface area contributed by atoms with E-state index in [1.807, 2.05) is 42.5 Å². The highest BCUT2D eigenvalue weighted by atomic mass is 32.2. The predicted octanol–water partition coefficient (Wildman–Crippen LogP) is 2.25. The molecule has 2 heterocycles. The highest BCUT2D eigenvalue weighted by molar-refractivity contribution is 7.99. The van der Waals surface area contributed by atoms with Gasteiger partial charge < -0.3 is 24.8 Å². The summed E-state index contributed by atoms with van der Waals surface area (Å²) in [5.74, 6) is 1.82. The zero-order chi connectivity index (χ0) is 20.4. The lowest BCUT2D eigenvalue weighted by molar-refractivity contribution is -0.126. The Morgan fingerprint density at radius 1 is 1.17 bits per heavy atom. The van der Waals surface area contributed by atoms with Crippen molar-refractivity contribution in [1.29, 1.82) is 0 Å². The number of fused-ring (bicyclic) bond motifs is 1. The number of nitrogens with one attached hydrogen (secondary N) is 1. The number of aliphatic hydroxyl groups excluding tert-OH is 1. The molecule has 0 aromatic heterocycles. The van der Waals surface area contributed by atoms with Crippen LogP contribution in [0.5, 0.6) is 11.5 Å². The summed E-state index contributed by atoms with van der Waals surface area (Å²) < 4.78 is 10.6. The van der Waals surface area contributed by atoms with Gasteiger partial charge in [0.2, 0.25) is 0 Å². The largest absolute Gasteiger partial charge is 0.497 e. The summed E-state index contributed by atoms with van der Waals surface area (Å²) >= 11 is 1.45. The number of amidine groups is 1. The van der Waals surface area contributed by atoms with E-state index in [1.165, 1.54) is 11.8 Å². The molecule has 0 spiro atoms. The van der Waals surface area contributed by atoms with E-state index in [2.05, 4.69) is 10.3 Å². The molecule has 4 rings (SSSR count). The van der Waals surface area contributed by atoms with Gasteiger partial charge in [-0.15, -0.1) is 11.8 Å². The van der Waals surface area contributed by atoms with Crippen molar-refractivity contribution in [2.45, 2.75) is 16.2 Å². The number of amides is 1. The van der Waals surface area contributed by atoms with Gasteiger partial charge in [0.05, 0.1) is 38.2 Å². The summed E-state index contributed by atoms with van der Waals surface area (Å²) in [7, 11) is 3.22. The number of hydrogen-bond donors (Lipinski definition) is 2. The fraction of sp³-hybridized carbons (Fsp3) is 0.333. The molecule has 2 N–H and O–H groups in total. The molecule has 0 unspecified atom stereocenters. The van der Waals surface area contributed by atoms with Crippen LogP contribution in [0.4, 0.5) is 5.69 Å². The first-order chi connectivity index (χ1) is 14.1. The van der Waals surface area contributed by atoms with Crippen molar-refractivity contribution in [3.8, 4) is 11.5 Å². The Morgan fingerprint density at radius 3 is 2.55 bits per heavy atom. The molecule has 2 aromatic carbocycles. The number of hydrogen-bond acceptors (Lipinski definition) is 7. The van der Waals surface area contributed by atoms with Crippen LogP contribution in [0.25, 0.3) is 0 Å². The van der Waals surface area contributed by atoms with Gasteiger partial charge in [-0.2, -0.15) is 0 Å². The minimum atomic E-state index is -1.20. The van der Waals surface area contributed by atoms with Crippen LogP contribution in [0.3, 0.4) is 0 Å². The maximum Gasteiger partial charge on any atom is 0.257 e. The monoisotopic (exact) mass is 413 g/mol. The Hall–Kier alpha value is -2.71. The van der Waals surface area contributed by atoms with Crippen LogP contribution in [0.2, 0.25) is 0 Å².